The van der Waals surface area contributed by atoms with E-state index in [9.17, 15) is 0 Å². The van der Waals surface area contributed by atoms with E-state index in [2.05, 4.69) is 9.88 Å². The molecular weight excluding hydrogens is 187 g/mol. The van der Waals surface area contributed by atoms with Gasteiger partial charge in [-0.2, -0.15) is 0 Å². The fourth-order valence-corrected chi connectivity index (χ4v) is 0. The van der Waals surface area contributed by atoms with Gasteiger partial charge in [0.15, 0.2) is 0 Å². The van der Waals surface area contributed by atoms with E-state index in [-0.39, 0.29) is 5.48 Å². The van der Waals surface area contributed by atoms with E-state index in [1.807, 2.05) is 0 Å². The maximum Gasteiger partial charge on any atom is -0.412 e. The van der Waals surface area contributed by atoms with Crippen LogP contribution < -0.4 is 0 Å². The summed E-state index contributed by atoms with van der Waals surface area (Å²) >= 11 is -1.08. The molecule has 0 fully saturated rings. The Morgan fingerprint density at radius 1 is 1.33 bits per heavy atom. The zero-order valence-electron chi connectivity index (χ0n) is 4.41. The van der Waals surface area contributed by atoms with Gasteiger partial charge in [-0.25, -0.2) is 0 Å². The van der Waals surface area contributed by atoms with Gasteiger partial charge in [0.05, 0.1) is 0 Å². The molecule has 0 bridgehead atoms. The predicted molar refractivity (Wildman–Crippen MR) is 28.1 cm³/mol. The molecule has 2 nitrogen and oxygen atoms in total. The van der Waals surface area contributed by atoms with Gasteiger partial charge in [-0.15, -0.1) is 0 Å². The average molecular weight is 198 g/mol. The monoisotopic (exact) mass is 199 g/mol. The summed E-state index contributed by atoms with van der Waals surface area (Å²) < 4.78 is 4.95. The first-order valence-electron chi connectivity index (χ1n) is 1.61. The van der Waals surface area contributed by atoms with Crippen LogP contribution in [0.1, 0.15) is 0 Å². The largest absolute Gasteiger partial charge is 0.412 e. The third-order valence-corrected chi connectivity index (χ3v) is 2.74. The Kier molecular flexibility index (Phi) is 9.41. The number of rotatable bonds is 1. The quantitative estimate of drug-likeness (QED) is 0.549. The van der Waals surface area contributed by atoms with Crippen molar-refractivity contribution in [1.29, 1.82) is 0 Å². The minimum atomic E-state index is -1.08. The second-order valence-electron chi connectivity index (χ2n) is 1.11. The molecule has 0 aliphatic carbocycles. The van der Waals surface area contributed by atoms with Gasteiger partial charge >= 0.3 is 40.2 Å². The Morgan fingerprint density at radius 2 is 1.50 bits per heavy atom. The van der Waals surface area contributed by atoms with Crippen molar-refractivity contribution in [3.8, 4) is 0 Å². The van der Waals surface area contributed by atoms with Crippen molar-refractivity contribution in [2.45, 2.75) is 9.88 Å². The zero-order chi connectivity index (χ0) is 4.28. The van der Waals surface area contributed by atoms with Crippen molar-refractivity contribution in [2.24, 2.45) is 0 Å². The van der Waals surface area contributed by atoms with Crippen LogP contribution in [0.3, 0.4) is 0 Å². The molecule has 39 valence electrons. The van der Waals surface area contributed by atoms with Gasteiger partial charge in [0.1, 0.15) is 0 Å². The topological polar surface area (TPSA) is 40.7 Å². The van der Waals surface area contributed by atoms with E-state index in [0.29, 0.717) is 0 Å². The van der Waals surface area contributed by atoms with Crippen molar-refractivity contribution in [1.82, 2.24) is 0 Å². The molecule has 0 heterocycles. The Balaban J connectivity index is 0. The van der Waals surface area contributed by atoms with Crippen LogP contribution in [0.25, 0.3) is 0 Å². The number of hydrogen-bond donors (Lipinski definition) is 0. The third kappa shape index (κ3) is 8.83. The molecule has 0 amide bonds. The molecule has 0 rings (SSSR count). The first-order chi connectivity index (χ1) is 2.27. The average Bonchev–Trinajstić information content (AvgIpc) is 1.38. The summed E-state index contributed by atoms with van der Waals surface area (Å²) in [6, 6.07) is 0. The molecule has 2 N–H and O–H groups in total. The second-order valence-corrected chi connectivity index (χ2v) is 7.46. The van der Waals surface area contributed by atoms with E-state index in [4.69, 9.17) is 3.07 Å². The first-order valence-corrected chi connectivity index (χ1v) is 8.49. The van der Waals surface area contributed by atoms with Crippen LogP contribution in [0.2, 0.25) is 9.88 Å². The van der Waals surface area contributed by atoms with Crippen LogP contribution >= 0.6 is 0 Å². The zero-order valence-corrected chi connectivity index (χ0v) is 7.26. The maximum atomic E-state index is 4.95. The minimum Gasteiger partial charge on any atom is -0.412 e. The van der Waals surface area contributed by atoms with E-state index < -0.39 is 20.2 Å². The first kappa shape index (κ1) is 9.87. The molecule has 0 saturated carbocycles. The van der Waals surface area contributed by atoms with Crippen molar-refractivity contribution in [3.05, 3.63) is 0 Å². The van der Waals surface area contributed by atoms with Crippen molar-refractivity contribution >= 4 is 20.2 Å². The molecule has 0 unspecified atom stereocenters. The van der Waals surface area contributed by atoms with Gasteiger partial charge in [-0.05, 0) is 0 Å². The maximum absolute atomic E-state index is 4.95. The second kappa shape index (κ2) is 5.72. The van der Waals surface area contributed by atoms with Crippen LogP contribution in [-0.4, -0.2) is 32.8 Å². The molecule has 0 aromatic carbocycles. The summed E-state index contributed by atoms with van der Waals surface area (Å²) in [7, 11) is 1.79. The van der Waals surface area contributed by atoms with E-state index >= 15 is 0 Å². The normalized spacial score (nSPS) is 8.00. The minimum absolute atomic E-state index is 0. The molecule has 0 saturated heterocycles. The van der Waals surface area contributed by atoms with Crippen molar-refractivity contribution in [2.75, 3.05) is 7.11 Å². The fourth-order valence-electron chi connectivity index (χ4n) is 0. The summed E-state index contributed by atoms with van der Waals surface area (Å²) in [6.45, 7) is 0. The van der Waals surface area contributed by atoms with Crippen LogP contribution in [-0.2, 0) is 3.07 Å². The Hall–Kier alpha value is 0.719. The van der Waals surface area contributed by atoms with Crippen LogP contribution in [0.15, 0.2) is 0 Å². The van der Waals surface area contributed by atoms with Crippen LogP contribution in [0, 0.1) is 0 Å². The Bertz CT molecular complexity index is 22.8. The molecular formula is C3H11O2Sn. The summed E-state index contributed by atoms with van der Waals surface area (Å²) in [4.78, 5) is 4.39. The van der Waals surface area contributed by atoms with E-state index in [0.717, 1.165) is 0 Å². The third-order valence-electron chi connectivity index (χ3n) is 0.408. The van der Waals surface area contributed by atoms with Gasteiger partial charge in [0.25, 0.3) is 0 Å². The van der Waals surface area contributed by atoms with Crippen LogP contribution in [0.4, 0.5) is 0 Å². The van der Waals surface area contributed by atoms with E-state index in [1.54, 1.807) is 7.11 Å². The molecule has 0 atom stereocenters. The van der Waals surface area contributed by atoms with E-state index in [1.165, 1.54) is 0 Å². The SMILES string of the molecule is C[O][Sn]([CH3])[CH3].O. The van der Waals surface area contributed by atoms with Crippen LogP contribution in [0.5, 0.6) is 0 Å². The summed E-state index contributed by atoms with van der Waals surface area (Å²) in [5.74, 6) is 0. The summed E-state index contributed by atoms with van der Waals surface area (Å²) in [6.07, 6.45) is 0. The molecule has 0 aliphatic heterocycles. The van der Waals surface area contributed by atoms with Gasteiger partial charge in [-0.1, -0.05) is 0 Å². The molecule has 1 radical (unpaired) electrons. The fraction of sp³-hybridized carbons (Fsp3) is 1.00. The van der Waals surface area contributed by atoms with Gasteiger partial charge < -0.3 is 5.48 Å². The predicted octanol–water partition coefficient (Wildman–Crippen LogP) is 0.0592. The Labute approximate surface area is 46.1 Å². The molecule has 0 aliphatic rings. The molecule has 3 heteroatoms. The van der Waals surface area contributed by atoms with Gasteiger partial charge in [0, 0.05) is 0 Å². The smallest absolute Gasteiger partial charge is 0.412 e. The summed E-state index contributed by atoms with van der Waals surface area (Å²) in [5, 5.41) is 0. The number of hydrogen-bond acceptors (Lipinski definition) is 1. The summed E-state index contributed by atoms with van der Waals surface area (Å²) in [5.41, 5.74) is 0. The Morgan fingerprint density at radius 3 is 1.50 bits per heavy atom. The molecule has 0 aromatic heterocycles. The van der Waals surface area contributed by atoms with Gasteiger partial charge in [-0.3, -0.25) is 0 Å². The molecule has 0 spiro atoms. The standard InChI is InChI=1S/CH3O.2CH3.H2O.Sn/c1-2;;;;/h1H3;2*1H3;1H2;/q-1;;;;+1. The van der Waals surface area contributed by atoms with Crippen molar-refractivity contribution in [3.63, 3.8) is 0 Å². The van der Waals surface area contributed by atoms with Gasteiger partial charge in [0.2, 0.25) is 0 Å². The molecule has 0 aromatic rings. The molecule has 6 heavy (non-hydrogen) atoms. The van der Waals surface area contributed by atoms with Crippen molar-refractivity contribution < 1.29 is 8.55 Å².